The molecule has 0 aromatic rings. The third kappa shape index (κ3) is 24.5. The second kappa shape index (κ2) is 29.5. The van der Waals surface area contributed by atoms with Gasteiger partial charge in [-0.2, -0.15) is 34.1 Å². The second-order valence-electron chi connectivity index (χ2n) is 12.8. The van der Waals surface area contributed by atoms with Gasteiger partial charge in [-0.05, 0) is 70.0 Å². The van der Waals surface area contributed by atoms with E-state index in [4.69, 9.17) is 0 Å². The molecule has 8 N–H and O–H groups in total. The summed E-state index contributed by atoms with van der Waals surface area (Å²) in [5.74, 6) is 0. The Morgan fingerprint density at radius 3 is 1.08 bits per heavy atom. The summed E-state index contributed by atoms with van der Waals surface area (Å²) in [6.07, 6.45) is -2.05. The SMILES string of the molecule is CNCC(O)[C@H](C)N(C)C.CNCC(O)[C@H](C)NP.C[C@@H](C(O)CN(C)S(=O)(=O)N(C)C)N(C)C.C[C@H](NP)C(O)CN(C)S(=O)(=O)N(C)C. The lowest BCUT2D eigenvalue weighted by Crippen LogP contribution is -2.47. The standard InChI is InChI=1S/C9H23N3O3S.C7H20N3O3PS.C7H18N2O.C5H15N2OP/c1-8(10(2)3)9(13)7-12(6)16(14,15)11(4)5;1-6(8-14)7(11)5-10(4)15(12,13)9(2)3;1-6(9(3)4)7(10)5-8-2;1-4(7-9)5(8)3-6-2/h8-9,13H,7H2,1-6H3;6-8,11H,5,14H2,1-4H3;6-8,10H,5H2,1-4H3;4-8H,3,9H2,1-2H3/t8-,9?;2*6-,7?;4-,5?/m0000/s1. The van der Waals surface area contributed by atoms with Crippen molar-refractivity contribution in [3.63, 3.8) is 0 Å². The molecule has 0 aliphatic rings. The summed E-state index contributed by atoms with van der Waals surface area (Å²) in [6, 6.07) is 0.0597. The van der Waals surface area contributed by atoms with Crippen LogP contribution in [0.4, 0.5) is 0 Å². The highest BCUT2D eigenvalue weighted by Gasteiger charge is 2.26. The zero-order valence-corrected chi connectivity index (χ0v) is 37.5. The van der Waals surface area contributed by atoms with Crippen LogP contribution in [0.1, 0.15) is 27.7 Å². The number of aliphatic hydroxyl groups is 4. The summed E-state index contributed by atoms with van der Waals surface area (Å²) >= 11 is 0. The molecule has 0 aliphatic heterocycles. The number of rotatable bonds is 20. The molecular weight excluding hydrogens is 730 g/mol. The highest BCUT2D eigenvalue weighted by Crippen LogP contribution is 2.07. The summed E-state index contributed by atoms with van der Waals surface area (Å²) in [5.41, 5.74) is 0. The molecule has 0 radical (unpaired) electrons. The highest BCUT2D eigenvalue weighted by atomic mass is 32.2. The van der Waals surface area contributed by atoms with Crippen molar-refractivity contribution in [2.45, 2.75) is 76.3 Å². The minimum Gasteiger partial charge on any atom is -0.390 e. The van der Waals surface area contributed by atoms with Crippen molar-refractivity contribution in [1.29, 1.82) is 0 Å². The zero-order valence-electron chi connectivity index (χ0n) is 33.5. The van der Waals surface area contributed by atoms with Crippen LogP contribution in [0.25, 0.3) is 0 Å². The van der Waals surface area contributed by atoms with Crippen molar-refractivity contribution in [1.82, 2.24) is 47.8 Å². The van der Waals surface area contributed by atoms with E-state index >= 15 is 0 Å². The molecule has 18 nitrogen and oxygen atoms in total. The molecule has 0 bridgehead atoms. The van der Waals surface area contributed by atoms with E-state index in [0.29, 0.717) is 13.1 Å². The van der Waals surface area contributed by atoms with Gasteiger partial charge in [0.25, 0.3) is 20.4 Å². The lowest BCUT2D eigenvalue weighted by atomic mass is 10.2. The van der Waals surface area contributed by atoms with E-state index in [9.17, 15) is 37.3 Å². The van der Waals surface area contributed by atoms with Gasteiger partial charge in [0, 0.05) is 92.6 Å². The largest absolute Gasteiger partial charge is 0.390 e. The van der Waals surface area contributed by atoms with E-state index < -0.39 is 32.6 Å². The van der Waals surface area contributed by atoms with Crippen molar-refractivity contribution in [3.05, 3.63) is 0 Å². The molecule has 0 aromatic carbocycles. The van der Waals surface area contributed by atoms with E-state index in [2.05, 4.69) is 39.6 Å². The normalized spacial score (nSPS) is 17.2. The van der Waals surface area contributed by atoms with Crippen LogP contribution < -0.4 is 20.8 Å². The summed E-state index contributed by atoms with van der Waals surface area (Å²) in [4.78, 5) is 3.85. The van der Waals surface area contributed by atoms with Gasteiger partial charge in [-0.25, -0.2) is 0 Å². The number of nitrogens with zero attached hydrogens (tertiary/aromatic N) is 6. The minimum absolute atomic E-state index is 0.0586. The maximum absolute atomic E-state index is 11.7. The Balaban J connectivity index is -0.000000290. The van der Waals surface area contributed by atoms with Crippen LogP contribution >= 0.6 is 18.8 Å². The molecule has 0 saturated heterocycles. The number of likely N-dealkylation sites (N-methyl/N-ethyl adjacent to an activating group) is 6. The van der Waals surface area contributed by atoms with Gasteiger partial charge < -0.3 is 40.9 Å². The van der Waals surface area contributed by atoms with Crippen LogP contribution in [-0.2, 0) is 20.4 Å². The van der Waals surface area contributed by atoms with Crippen LogP contribution in [-0.4, -0.2) is 224 Å². The Hall–Kier alpha value is 0.200. The number of nitrogens with one attached hydrogen (secondary N) is 4. The molecule has 0 heterocycles. The van der Waals surface area contributed by atoms with E-state index in [1.807, 2.05) is 72.9 Å². The molecular formula is C28H76N10O8P2S2. The third-order valence-electron chi connectivity index (χ3n) is 7.85. The average Bonchev–Trinajstić information content (AvgIpc) is 3.03. The summed E-state index contributed by atoms with van der Waals surface area (Å²) in [5, 5.41) is 49.5. The molecule has 0 spiro atoms. The van der Waals surface area contributed by atoms with E-state index in [0.717, 1.165) is 17.2 Å². The Morgan fingerprint density at radius 2 is 0.800 bits per heavy atom. The summed E-state index contributed by atoms with van der Waals surface area (Å²) in [6.45, 7) is 8.97. The Kier molecular flexibility index (Phi) is 33.6. The van der Waals surface area contributed by atoms with Crippen LogP contribution in [0.3, 0.4) is 0 Å². The molecule has 10 atom stereocenters. The smallest absolute Gasteiger partial charge is 0.281 e. The molecule has 0 aliphatic carbocycles. The zero-order chi connectivity index (χ0) is 40.7. The maximum Gasteiger partial charge on any atom is 0.281 e. The van der Waals surface area contributed by atoms with Crippen LogP contribution in [0.5, 0.6) is 0 Å². The van der Waals surface area contributed by atoms with Gasteiger partial charge >= 0.3 is 0 Å². The lowest BCUT2D eigenvalue weighted by molar-refractivity contribution is 0.0723. The van der Waals surface area contributed by atoms with E-state index in [1.165, 1.54) is 42.3 Å². The number of aliphatic hydroxyl groups excluding tert-OH is 4. The van der Waals surface area contributed by atoms with Crippen molar-refractivity contribution in [3.8, 4) is 0 Å². The molecule has 0 fully saturated rings. The first-order valence-corrected chi connectivity index (χ1v) is 20.1. The Labute approximate surface area is 310 Å². The van der Waals surface area contributed by atoms with Crippen LogP contribution in [0.15, 0.2) is 0 Å². The molecule has 0 rings (SSSR count). The first-order chi connectivity index (χ1) is 22.6. The Morgan fingerprint density at radius 1 is 0.520 bits per heavy atom. The van der Waals surface area contributed by atoms with Gasteiger partial charge in [0.05, 0.1) is 24.4 Å². The first kappa shape index (κ1) is 56.9. The van der Waals surface area contributed by atoms with Gasteiger partial charge in [-0.15, -0.1) is 0 Å². The van der Waals surface area contributed by atoms with Gasteiger partial charge in [0.1, 0.15) is 0 Å². The average molecular weight is 807 g/mol. The van der Waals surface area contributed by atoms with E-state index in [1.54, 1.807) is 6.92 Å². The predicted octanol–water partition coefficient (Wildman–Crippen LogP) is -3.26. The number of hydrogen-bond acceptors (Lipinski definition) is 14. The molecule has 6 unspecified atom stereocenters. The molecule has 22 heteroatoms. The van der Waals surface area contributed by atoms with Crippen molar-refractivity contribution >= 4 is 39.2 Å². The molecule has 0 amide bonds. The summed E-state index contributed by atoms with van der Waals surface area (Å²) < 4.78 is 51.1. The van der Waals surface area contributed by atoms with Gasteiger partial charge in [-0.1, -0.05) is 18.8 Å². The molecule has 50 heavy (non-hydrogen) atoms. The minimum atomic E-state index is -3.44. The predicted molar refractivity (Wildman–Crippen MR) is 213 cm³/mol. The van der Waals surface area contributed by atoms with Gasteiger partial charge in [0.15, 0.2) is 0 Å². The first-order valence-electron chi connectivity index (χ1n) is 16.2. The van der Waals surface area contributed by atoms with Crippen molar-refractivity contribution in [2.24, 2.45) is 0 Å². The Bertz CT molecular complexity index is 1040. The lowest BCUT2D eigenvalue weighted by Gasteiger charge is -2.29. The third-order valence-corrected chi connectivity index (χ3v) is 12.6. The van der Waals surface area contributed by atoms with Gasteiger partial charge in [-0.3, -0.25) is 10.2 Å². The van der Waals surface area contributed by atoms with E-state index in [-0.39, 0.29) is 49.5 Å². The fraction of sp³-hybridized carbons (Fsp3) is 1.00. The summed E-state index contributed by atoms with van der Waals surface area (Å²) in [7, 11) is 17.8. The topological polar surface area (TPSA) is 217 Å². The quantitative estimate of drug-likeness (QED) is 0.0568. The maximum atomic E-state index is 11.7. The van der Waals surface area contributed by atoms with Crippen molar-refractivity contribution in [2.75, 3.05) is 111 Å². The van der Waals surface area contributed by atoms with Crippen molar-refractivity contribution < 1.29 is 37.3 Å². The fourth-order valence-corrected chi connectivity index (χ4v) is 5.50. The molecule has 0 aromatic heterocycles. The second-order valence-corrected chi connectivity index (χ2v) is 18.0. The van der Waals surface area contributed by atoms with Crippen LogP contribution in [0.2, 0.25) is 0 Å². The fourth-order valence-electron chi connectivity index (χ4n) is 3.26. The highest BCUT2D eigenvalue weighted by molar-refractivity contribution is 7.86. The monoisotopic (exact) mass is 806 g/mol. The molecule has 0 saturated carbocycles. The molecule has 308 valence electrons. The van der Waals surface area contributed by atoms with Gasteiger partial charge in [0.2, 0.25) is 0 Å². The van der Waals surface area contributed by atoms with Crippen LogP contribution in [0, 0.1) is 0 Å². The number of hydrogen-bond donors (Lipinski definition) is 8.